The standard InChI is InChI=1S/C10H10FO2Si/c1-14(2)13-10-5-7-3-4-12-9(7)6-8(10)11/h3-6H,1-2H3. The summed E-state index contributed by atoms with van der Waals surface area (Å²) in [5, 5.41) is 0.865. The van der Waals surface area contributed by atoms with Crippen LogP contribution in [0.2, 0.25) is 13.1 Å². The molecule has 14 heavy (non-hydrogen) atoms. The van der Waals surface area contributed by atoms with Crippen molar-refractivity contribution in [2.24, 2.45) is 0 Å². The quantitative estimate of drug-likeness (QED) is 0.709. The minimum atomic E-state index is -0.931. The fraction of sp³-hybridized carbons (Fsp3) is 0.200. The Morgan fingerprint density at radius 2 is 2.14 bits per heavy atom. The summed E-state index contributed by atoms with van der Waals surface area (Å²) < 4.78 is 23.9. The number of benzene rings is 1. The SMILES string of the molecule is C[Si](C)Oc1cc2ccoc2cc1F. The molecule has 0 fully saturated rings. The molecule has 0 aliphatic heterocycles. The van der Waals surface area contributed by atoms with Crippen LogP contribution in [0.3, 0.4) is 0 Å². The van der Waals surface area contributed by atoms with E-state index in [1.54, 1.807) is 12.1 Å². The summed E-state index contributed by atoms with van der Waals surface area (Å²) in [4.78, 5) is 0. The van der Waals surface area contributed by atoms with Crippen LogP contribution < -0.4 is 4.43 Å². The van der Waals surface area contributed by atoms with Gasteiger partial charge in [-0.1, -0.05) is 0 Å². The van der Waals surface area contributed by atoms with Gasteiger partial charge in [-0.2, -0.15) is 0 Å². The molecule has 0 atom stereocenters. The lowest BCUT2D eigenvalue weighted by Gasteiger charge is -2.08. The Hall–Kier alpha value is -1.29. The highest BCUT2D eigenvalue weighted by molar-refractivity contribution is 6.49. The molecule has 0 bridgehead atoms. The van der Waals surface area contributed by atoms with Crippen molar-refractivity contribution in [2.45, 2.75) is 13.1 Å². The van der Waals surface area contributed by atoms with Gasteiger partial charge >= 0.3 is 0 Å². The Balaban J connectivity index is 2.48. The largest absolute Gasteiger partial charge is 0.541 e. The van der Waals surface area contributed by atoms with Gasteiger partial charge in [0.2, 0.25) is 0 Å². The van der Waals surface area contributed by atoms with Gasteiger partial charge in [0.1, 0.15) is 11.3 Å². The summed E-state index contributed by atoms with van der Waals surface area (Å²) in [6.45, 7) is 3.92. The third-order valence-corrected chi connectivity index (χ3v) is 2.45. The number of hydrogen-bond acceptors (Lipinski definition) is 2. The van der Waals surface area contributed by atoms with Gasteiger partial charge in [0.05, 0.1) is 6.26 Å². The van der Waals surface area contributed by atoms with Gasteiger partial charge in [-0.15, -0.1) is 0 Å². The van der Waals surface area contributed by atoms with E-state index in [4.69, 9.17) is 8.84 Å². The number of furan rings is 1. The van der Waals surface area contributed by atoms with Crippen LogP contribution in [0.4, 0.5) is 4.39 Å². The molecule has 0 amide bonds. The predicted molar refractivity (Wildman–Crippen MR) is 54.3 cm³/mol. The molecule has 0 unspecified atom stereocenters. The van der Waals surface area contributed by atoms with Crippen molar-refractivity contribution in [3.8, 4) is 5.75 Å². The van der Waals surface area contributed by atoms with Crippen molar-refractivity contribution in [3.05, 3.63) is 30.3 Å². The van der Waals surface area contributed by atoms with Gasteiger partial charge in [0.15, 0.2) is 5.82 Å². The maximum atomic E-state index is 13.4. The molecule has 0 saturated carbocycles. The molecule has 1 aromatic heterocycles. The first-order valence-electron chi connectivity index (χ1n) is 4.31. The fourth-order valence-corrected chi connectivity index (χ4v) is 1.86. The summed E-state index contributed by atoms with van der Waals surface area (Å²) in [6.07, 6.45) is 1.54. The van der Waals surface area contributed by atoms with Crippen molar-refractivity contribution in [2.75, 3.05) is 0 Å². The second-order valence-electron chi connectivity index (χ2n) is 3.25. The van der Waals surface area contributed by atoms with Crippen LogP contribution >= 0.6 is 0 Å². The van der Waals surface area contributed by atoms with Gasteiger partial charge in [-0.25, -0.2) is 4.39 Å². The van der Waals surface area contributed by atoms with E-state index in [2.05, 4.69) is 0 Å². The Labute approximate surface area is 83.0 Å². The summed E-state index contributed by atoms with van der Waals surface area (Å²) >= 11 is 0. The number of rotatable bonds is 2. The van der Waals surface area contributed by atoms with Crippen LogP contribution in [0.5, 0.6) is 5.75 Å². The number of hydrogen-bond donors (Lipinski definition) is 0. The third-order valence-electron chi connectivity index (χ3n) is 1.82. The molecule has 73 valence electrons. The molecule has 2 nitrogen and oxygen atoms in total. The van der Waals surface area contributed by atoms with Gasteiger partial charge < -0.3 is 8.84 Å². The zero-order valence-corrected chi connectivity index (χ0v) is 9.00. The monoisotopic (exact) mass is 209 g/mol. The zero-order valence-electron chi connectivity index (χ0n) is 8.00. The molecule has 0 N–H and O–H groups in total. The molecule has 1 radical (unpaired) electrons. The summed E-state index contributed by atoms with van der Waals surface area (Å²) in [7, 11) is -0.931. The lowest BCUT2D eigenvalue weighted by molar-refractivity contribution is 0.508. The fourth-order valence-electron chi connectivity index (χ4n) is 1.26. The summed E-state index contributed by atoms with van der Waals surface area (Å²) in [5.74, 6) is -0.0450. The van der Waals surface area contributed by atoms with E-state index in [0.29, 0.717) is 11.3 Å². The first-order valence-corrected chi connectivity index (χ1v) is 6.72. The van der Waals surface area contributed by atoms with Crippen molar-refractivity contribution in [1.29, 1.82) is 0 Å². The highest BCUT2D eigenvalue weighted by Crippen LogP contribution is 2.25. The summed E-state index contributed by atoms with van der Waals surface area (Å²) in [6, 6.07) is 4.82. The van der Waals surface area contributed by atoms with E-state index >= 15 is 0 Å². The Morgan fingerprint density at radius 3 is 2.86 bits per heavy atom. The highest BCUT2D eigenvalue weighted by atomic mass is 28.3. The molecule has 1 heterocycles. The maximum Gasteiger partial charge on any atom is 0.274 e. The highest BCUT2D eigenvalue weighted by Gasteiger charge is 2.09. The first kappa shape index (κ1) is 9.27. The maximum absolute atomic E-state index is 13.4. The van der Waals surface area contributed by atoms with Crippen molar-refractivity contribution < 1.29 is 13.2 Å². The molecule has 0 saturated heterocycles. The van der Waals surface area contributed by atoms with Crippen LogP contribution in [0, 0.1) is 5.82 Å². The van der Waals surface area contributed by atoms with E-state index < -0.39 is 9.04 Å². The lowest BCUT2D eigenvalue weighted by atomic mass is 10.2. The van der Waals surface area contributed by atoms with Crippen molar-refractivity contribution in [1.82, 2.24) is 0 Å². The van der Waals surface area contributed by atoms with Crippen LogP contribution in [0.15, 0.2) is 28.9 Å². The average Bonchev–Trinajstić information content (AvgIpc) is 2.51. The molecule has 0 aliphatic carbocycles. The molecular formula is C10H10FO2Si. The van der Waals surface area contributed by atoms with Crippen LogP contribution in [0.1, 0.15) is 0 Å². The van der Waals surface area contributed by atoms with E-state index in [-0.39, 0.29) is 5.82 Å². The second-order valence-corrected chi connectivity index (χ2v) is 5.27. The third kappa shape index (κ3) is 1.65. The van der Waals surface area contributed by atoms with E-state index in [9.17, 15) is 4.39 Å². The smallest absolute Gasteiger partial charge is 0.274 e. The van der Waals surface area contributed by atoms with Gasteiger partial charge in [-0.05, 0) is 25.2 Å². The molecule has 0 aliphatic rings. The Bertz CT molecular complexity index is 450. The minimum Gasteiger partial charge on any atom is -0.541 e. The van der Waals surface area contributed by atoms with Crippen LogP contribution in [-0.2, 0) is 0 Å². The van der Waals surface area contributed by atoms with Crippen LogP contribution in [0.25, 0.3) is 11.0 Å². The summed E-state index contributed by atoms with van der Waals surface area (Å²) in [5.41, 5.74) is 0.552. The van der Waals surface area contributed by atoms with Gasteiger partial charge in [-0.3, -0.25) is 0 Å². The molecule has 4 heteroatoms. The molecule has 0 spiro atoms. The van der Waals surface area contributed by atoms with Crippen LogP contribution in [-0.4, -0.2) is 9.04 Å². The first-order chi connectivity index (χ1) is 6.66. The number of halogens is 1. The molecular weight excluding hydrogens is 199 g/mol. The topological polar surface area (TPSA) is 22.4 Å². The molecule has 2 rings (SSSR count). The molecule has 1 aromatic carbocycles. The Kier molecular flexibility index (Phi) is 2.29. The Morgan fingerprint density at radius 1 is 1.36 bits per heavy atom. The predicted octanol–water partition coefficient (Wildman–Crippen LogP) is 3.20. The van der Waals surface area contributed by atoms with Gasteiger partial charge in [0, 0.05) is 11.5 Å². The number of fused-ring (bicyclic) bond motifs is 1. The van der Waals surface area contributed by atoms with Gasteiger partial charge in [0.25, 0.3) is 9.04 Å². The minimum absolute atomic E-state index is 0.317. The lowest BCUT2D eigenvalue weighted by Crippen LogP contribution is -2.12. The zero-order chi connectivity index (χ0) is 10.1. The average molecular weight is 209 g/mol. The van der Waals surface area contributed by atoms with Crippen molar-refractivity contribution in [3.63, 3.8) is 0 Å². The van der Waals surface area contributed by atoms with Crippen molar-refractivity contribution >= 4 is 20.0 Å². The normalized spacial score (nSPS) is 11.1. The van der Waals surface area contributed by atoms with E-state index in [0.717, 1.165) is 5.39 Å². The van der Waals surface area contributed by atoms with E-state index in [1.807, 2.05) is 13.1 Å². The molecule has 2 aromatic rings. The van der Waals surface area contributed by atoms with E-state index in [1.165, 1.54) is 12.3 Å². The second kappa shape index (κ2) is 3.46.